The Morgan fingerprint density at radius 1 is 1.36 bits per heavy atom. The molecule has 0 bridgehead atoms. The minimum Gasteiger partial charge on any atom is -0.328 e. The van der Waals surface area contributed by atoms with Crippen molar-refractivity contribution < 1.29 is 0 Å². The van der Waals surface area contributed by atoms with Gasteiger partial charge >= 0.3 is 0 Å². The molecule has 14 heavy (non-hydrogen) atoms. The topological polar surface area (TPSA) is 54.7 Å². The monoisotopic (exact) mass is 193 g/mol. The number of H-pyrrole nitrogens is 1. The highest BCUT2D eigenvalue weighted by atomic mass is 15.1. The molecule has 0 saturated carbocycles. The molecular formula is C11H19N3. The summed E-state index contributed by atoms with van der Waals surface area (Å²) in [7, 11) is 0. The minimum atomic E-state index is 0.214. The molecule has 0 spiro atoms. The van der Waals surface area contributed by atoms with Gasteiger partial charge in [-0.2, -0.15) is 5.10 Å². The lowest BCUT2D eigenvalue weighted by Crippen LogP contribution is -2.18. The van der Waals surface area contributed by atoms with Crippen molar-refractivity contribution in [3.8, 4) is 0 Å². The molecule has 1 atom stereocenters. The summed E-state index contributed by atoms with van der Waals surface area (Å²) in [6.45, 7) is 2.04. The lowest BCUT2D eigenvalue weighted by atomic mass is 10.0. The summed E-state index contributed by atoms with van der Waals surface area (Å²) in [4.78, 5) is 0. The highest BCUT2D eigenvalue weighted by molar-refractivity contribution is 5.27. The average molecular weight is 193 g/mol. The second-order valence-corrected chi connectivity index (χ2v) is 4.37. The zero-order valence-corrected chi connectivity index (χ0v) is 8.84. The number of nitrogens with one attached hydrogen (secondary N) is 1. The lowest BCUT2D eigenvalue weighted by Gasteiger charge is -2.04. The predicted octanol–water partition coefficient (Wildman–Crippen LogP) is 1.57. The van der Waals surface area contributed by atoms with E-state index in [2.05, 4.69) is 10.2 Å². The first-order valence-corrected chi connectivity index (χ1v) is 5.58. The Morgan fingerprint density at radius 2 is 2.14 bits per heavy atom. The molecule has 1 unspecified atom stereocenters. The number of aromatic nitrogens is 2. The Kier molecular flexibility index (Phi) is 2.87. The van der Waals surface area contributed by atoms with Crippen molar-refractivity contribution in [1.29, 1.82) is 0 Å². The standard InChI is InChI=1S/C11H19N3/c1-8(12)7-11-9-5-3-2-4-6-10(9)13-14-11/h8H,2-7,12H2,1H3,(H,13,14). The van der Waals surface area contributed by atoms with Crippen LogP contribution in [-0.4, -0.2) is 16.2 Å². The van der Waals surface area contributed by atoms with E-state index in [4.69, 9.17) is 5.73 Å². The van der Waals surface area contributed by atoms with E-state index in [9.17, 15) is 0 Å². The first-order chi connectivity index (χ1) is 6.77. The molecule has 1 aromatic rings. The van der Waals surface area contributed by atoms with E-state index >= 15 is 0 Å². The number of nitrogens with two attached hydrogens (primary N) is 1. The van der Waals surface area contributed by atoms with E-state index in [0.717, 1.165) is 6.42 Å². The summed E-state index contributed by atoms with van der Waals surface area (Å²) < 4.78 is 0. The van der Waals surface area contributed by atoms with Gasteiger partial charge in [0, 0.05) is 18.2 Å². The molecule has 78 valence electrons. The molecule has 0 saturated heterocycles. The molecule has 1 heterocycles. The third-order valence-corrected chi connectivity index (χ3v) is 2.91. The maximum atomic E-state index is 5.80. The number of hydrogen-bond donors (Lipinski definition) is 2. The van der Waals surface area contributed by atoms with Crippen LogP contribution in [0.4, 0.5) is 0 Å². The van der Waals surface area contributed by atoms with E-state index in [1.807, 2.05) is 6.92 Å². The molecule has 0 fully saturated rings. The number of aromatic amines is 1. The van der Waals surface area contributed by atoms with Crippen molar-refractivity contribution in [3.63, 3.8) is 0 Å². The molecule has 1 aliphatic rings. The molecule has 0 radical (unpaired) electrons. The highest BCUT2D eigenvalue weighted by Gasteiger charge is 2.15. The van der Waals surface area contributed by atoms with Crippen LogP contribution < -0.4 is 5.73 Å². The predicted molar refractivity (Wildman–Crippen MR) is 57.2 cm³/mol. The zero-order chi connectivity index (χ0) is 9.97. The average Bonchev–Trinajstić information content (AvgIpc) is 2.37. The van der Waals surface area contributed by atoms with Gasteiger partial charge in [0.15, 0.2) is 0 Å². The summed E-state index contributed by atoms with van der Waals surface area (Å²) in [6.07, 6.45) is 7.21. The van der Waals surface area contributed by atoms with Crippen LogP contribution in [0.3, 0.4) is 0 Å². The normalized spacial score (nSPS) is 18.7. The van der Waals surface area contributed by atoms with E-state index in [-0.39, 0.29) is 6.04 Å². The van der Waals surface area contributed by atoms with Gasteiger partial charge in [0.1, 0.15) is 0 Å². The van der Waals surface area contributed by atoms with E-state index < -0.39 is 0 Å². The van der Waals surface area contributed by atoms with Gasteiger partial charge in [-0.25, -0.2) is 0 Å². The Balaban J connectivity index is 2.20. The van der Waals surface area contributed by atoms with Crippen molar-refractivity contribution >= 4 is 0 Å². The minimum absolute atomic E-state index is 0.214. The van der Waals surface area contributed by atoms with Crippen LogP contribution in [0.25, 0.3) is 0 Å². The summed E-state index contributed by atoms with van der Waals surface area (Å²) in [5.41, 5.74) is 9.82. The van der Waals surface area contributed by atoms with Crippen LogP contribution in [0.15, 0.2) is 0 Å². The van der Waals surface area contributed by atoms with E-state index in [1.54, 1.807) is 0 Å². The SMILES string of the molecule is CC(N)Cc1n[nH]c2c1CCCCC2. The number of nitrogens with zero attached hydrogens (tertiary/aromatic N) is 1. The van der Waals surface area contributed by atoms with Crippen molar-refractivity contribution in [3.05, 3.63) is 17.0 Å². The molecule has 3 heteroatoms. The fourth-order valence-corrected chi connectivity index (χ4v) is 2.20. The van der Waals surface area contributed by atoms with Crippen LogP contribution in [-0.2, 0) is 19.3 Å². The molecule has 0 amide bonds. The summed E-state index contributed by atoms with van der Waals surface area (Å²) in [5, 5.41) is 7.54. The van der Waals surface area contributed by atoms with Gasteiger partial charge in [0.05, 0.1) is 5.69 Å². The highest BCUT2D eigenvalue weighted by Crippen LogP contribution is 2.22. The number of hydrogen-bond acceptors (Lipinski definition) is 2. The first kappa shape index (κ1) is 9.71. The molecule has 3 N–H and O–H groups in total. The fraction of sp³-hybridized carbons (Fsp3) is 0.727. The summed E-state index contributed by atoms with van der Waals surface area (Å²) >= 11 is 0. The second-order valence-electron chi connectivity index (χ2n) is 4.37. The Morgan fingerprint density at radius 3 is 2.93 bits per heavy atom. The van der Waals surface area contributed by atoms with Gasteiger partial charge in [0.25, 0.3) is 0 Å². The van der Waals surface area contributed by atoms with Crippen LogP contribution in [0.5, 0.6) is 0 Å². The quantitative estimate of drug-likeness (QED) is 0.700. The van der Waals surface area contributed by atoms with Crippen LogP contribution >= 0.6 is 0 Å². The zero-order valence-electron chi connectivity index (χ0n) is 8.84. The molecule has 1 aromatic heterocycles. The van der Waals surface area contributed by atoms with Crippen LogP contribution in [0.1, 0.15) is 43.1 Å². The molecule has 0 aliphatic heterocycles. The molecular weight excluding hydrogens is 174 g/mol. The van der Waals surface area contributed by atoms with Gasteiger partial charge < -0.3 is 5.73 Å². The second kappa shape index (κ2) is 4.13. The number of fused-ring (bicyclic) bond motifs is 1. The van der Waals surface area contributed by atoms with Crippen LogP contribution in [0, 0.1) is 0 Å². The lowest BCUT2D eigenvalue weighted by molar-refractivity contribution is 0.683. The largest absolute Gasteiger partial charge is 0.328 e. The first-order valence-electron chi connectivity index (χ1n) is 5.58. The van der Waals surface area contributed by atoms with Crippen molar-refractivity contribution in [2.45, 2.75) is 51.5 Å². The van der Waals surface area contributed by atoms with Crippen molar-refractivity contribution in [2.75, 3.05) is 0 Å². The third kappa shape index (κ3) is 1.98. The molecule has 3 nitrogen and oxygen atoms in total. The number of rotatable bonds is 2. The van der Waals surface area contributed by atoms with Gasteiger partial charge in [0.2, 0.25) is 0 Å². The summed E-state index contributed by atoms with van der Waals surface area (Å²) in [5.74, 6) is 0. The van der Waals surface area contributed by atoms with Crippen molar-refractivity contribution in [2.24, 2.45) is 5.73 Å². The molecule has 1 aliphatic carbocycles. The van der Waals surface area contributed by atoms with Gasteiger partial charge in [-0.15, -0.1) is 0 Å². The van der Waals surface area contributed by atoms with Gasteiger partial charge in [-0.1, -0.05) is 6.42 Å². The molecule has 2 rings (SSSR count). The molecule has 0 aromatic carbocycles. The van der Waals surface area contributed by atoms with E-state index in [1.165, 1.54) is 49.1 Å². The van der Waals surface area contributed by atoms with Gasteiger partial charge in [-0.3, -0.25) is 5.10 Å². The summed E-state index contributed by atoms with van der Waals surface area (Å²) in [6, 6.07) is 0.214. The Hall–Kier alpha value is -0.830. The van der Waals surface area contributed by atoms with E-state index in [0.29, 0.717) is 0 Å². The van der Waals surface area contributed by atoms with Gasteiger partial charge in [-0.05, 0) is 38.2 Å². The maximum Gasteiger partial charge on any atom is 0.0672 e. The fourth-order valence-electron chi connectivity index (χ4n) is 2.20. The smallest absolute Gasteiger partial charge is 0.0672 e. The Labute approximate surface area is 85.1 Å². The Bertz CT molecular complexity index is 301. The maximum absolute atomic E-state index is 5.80. The van der Waals surface area contributed by atoms with Crippen LogP contribution in [0.2, 0.25) is 0 Å². The van der Waals surface area contributed by atoms with Crippen molar-refractivity contribution in [1.82, 2.24) is 10.2 Å². The third-order valence-electron chi connectivity index (χ3n) is 2.91. The number of aryl methyl sites for hydroxylation is 1.